The van der Waals surface area contributed by atoms with Gasteiger partial charge in [-0.25, -0.2) is 8.78 Å². The van der Waals surface area contributed by atoms with E-state index < -0.39 is 11.3 Å². The van der Waals surface area contributed by atoms with Gasteiger partial charge in [-0.2, -0.15) is 0 Å². The summed E-state index contributed by atoms with van der Waals surface area (Å²) in [5.74, 6) is 0. The molecule has 0 bridgehead atoms. The largest absolute Gasteiger partial charge is 0.383 e. The van der Waals surface area contributed by atoms with Crippen LogP contribution < -0.4 is 10.6 Å². The topological polar surface area (TPSA) is 67.2 Å². The van der Waals surface area contributed by atoms with Crippen LogP contribution in [0.15, 0.2) is 18.2 Å². The lowest BCUT2D eigenvalue weighted by atomic mass is 10.1. The zero-order valence-corrected chi connectivity index (χ0v) is 9.24. The van der Waals surface area contributed by atoms with Crippen LogP contribution >= 0.6 is 0 Å². The SMILES string of the molecule is CNCCNc1ccc([N+](=O)[O-])cc1C(F)F. The molecule has 7 heteroatoms. The smallest absolute Gasteiger partial charge is 0.270 e. The summed E-state index contributed by atoms with van der Waals surface area (Å²) in [6.07, 6.45) is -2.74. The molecule has 0 radical (unpaired) electrons. The van der Waals surface area contributed by atoms with Gasteiger partial charge in [0.1, 0.15) is 0 Å². The highest BCUT2D eigenvalue weighted by molar-refractivity contribution is 5.56. The van der Waals surface area contributed by atoms with Gasteiger partial charge in [0, 0.05) is 36.5 Å². The van der Waals surface area contributed by atoms with E-state index >= 15 is 0 Å². The van der Waals surface area contributed by atoms with Crippen LogP contribution in [0, 0.1) is 10.1 Å². The minimum absolute atomic E-state index is 0.223. The standard InChI is InChI=1S/C10H13F2N3O2/c1-13-4-5-14-9-3-2-7(15(16)17)6-8(9)10(11)12/h2-3,6,10,13-14H,4-5H2,1H3. The highest BCUT2D eigenvalue weighted by Gasteiger charge is 2.17. The van der Waals surface area contributed by atoms with Gasteiger partial charge >= 0.3 is 0 Å². The number of benzene rings is 1. The summed E-state index contributed by atoms with van der Waals surface area (Å²) in [4.78, 5) is 9.79. The number of rotatable bonds is 6. The molecule has 0 fully saturated rings. The maximum absolute atomic E-state index is 12.7. The zero-order valence-electron chi connectivity index (χ0n) is 9.24. The van der Waals surface area contributed by atoms with Crippen molar-refractivity contribution in [3.8, 4) is 0 Å². The van der Waals surface area contributed by atoms with E-state index in [2.05, 4.69) is 10.6 Å². The average Bonchev–Trinajstić information content (AvgIpc) is 2.29. The lowest BCUT2D eigenvalue weighted by Crippen LogP contribution is -2.18. The van der Waals surface area contributed by atoms with Crippen molar-refractivity contribution in [1.82, 2.24) is 5.32 Å². The van der Waals surface area contributed by atoms with Crippen LogP contribution in [0.25, 0.3) is 0 Å². The normalized spacial score (nSPS) is 10.6. The molecule has 0 heterocycles. The number of hydrogen-bond donors (Lipinski definition) is 2. The summed E-state index contributed by atoms with van der Waals surface area (Å²) < 4.78 is 25.4. The van der Waals surface area contributed by atoms with E-state index in [1.807, 2.05) is 0 Å². The molecule has 1 aromatic carbocycles. The molecular formula is C10H13F2N3O2. The third-order valence-electron chi connectivity index (χ3n) is 2.17. The Hall–Kier alpha value is -1.76. The number of hydrogen-bond acceptors (Lipinski definition) is 4. The first-order valence-corrected chi connectivity index (χ1v) is 5.01. The second-order valence-electron chi connectivity index (χ2n) is 3.36. The highest BCUT2D eigenvalue weighted by Crippen LogP contribution is 2.30. The number of halogens is 2. The lowest BCUT2D eigenvalue weighted by molar-refractivity contribution is -0.385. The maximum Gasteiger partial charge on any atom is 0.270 e. The predicted octanol–water partition coefficient (Wildman–Crippen LogP) is 2.16. The van der Waals surface area contributed by atoms with Gasteiger partial charge in [0.25, 0.3) is 12.1 Å². The second-order valence-corrected chi connectivity index (χ2v) is 3.36. The summed E-state index contributed by atoms with van der Waals surface area (Å²) in [6.45, 7) is 1.08. The van der Waals surface area contributed by atoms with E-state index in [1.165, 1.54) is 12.1 Å². The highest BCUT2D eigenvalue weighted by atomic mass is 19.3. The number of likely N-dealkylation sites (N-methyl/N-ethyl adjacent to an activating group) is 1. The number of non-ortho nitro benzene ring substituents is 1. The number of nitro benzene ring substituents is 1. The van der Waals surface area contributed by atoms with Gasteiger partial charge in [-0.3, -0.25) is 10.1 Å². The van der Waals surface area contributed by atoms with Crippen LogP contribution in [-0.4, -0.2) is 25.1 Å². The van der Waals surface area contributed by atoms with E-state index in [-0.39, 0.29) is 16.9 Å². The predicted molar refractivity (Wildman–Crippen MR) is 60.5 cm³/mol. The minimum atomic E-state index is -2.74. The Bertz CT molecular complexity index is 399. The summed E-state index contributed by atoms with van der Waals surface area (Å²) >= 11 is 0. The second kappa shape index (κ2) is 6.09. The molecule has 2 N–H and O–H groups in total. The van der Waals surface area contributed by atoms with Crippen molar-refractivity contribution in [2.75, 3.05) is 25.5 Å². The van der Waals surface area contributed by atoms with Crippen molar-refractivity contribution in [3.05, 3.63) is 33.9 Å². The summed E-state index contributed by atoms with van der Waals surface area (Å²) in [7, 11) is 1.74. The third-order valence-corrected chi connectivity index (χ3v) is 2.17. The average molecular weight is 245 g/mol. The van der Waals surface area contributed by atoms with E-state index in [0.717, 1.165) is 6.07 Å². The molecule has 0 aromatic heterocycles. The van der Waals surface area contributed by atoms with Crippen molar-refractivity contribution in [1.29, 1.82) is 0 Å². The number of nitrogens with zero attached hydrogens (tertiary/aromatic N) is 1. The van der Waals surface area contributed by atoms with E-state index in [4.69, 9.17) is 0 Å². The Labute approximate surface area is 97.0 Å². The molecule has 17 heavy (non-hydrogen) atoms. The van der Waals surface area contributed by atoms with Gasteiger partial charge in [0.05, 0.1) is 4.92 Å². The Morgan fingerprint density at radius 1 is 1.41 bits per heavy atom. The number of anilines is 1. The Kier molecular flexibility index (Phi) is 4.77. The molecule has 0 aliphatic heterocycles. The van der Waals surface area contributed by atoms with Crippen LogP contribution in [0.1, 0.15) is 12.0 Å². The molecule has 0 atom stereocenters. The first kappa shape index (κ1) is 13.3. The number of nitro groups is 1. The molecule has 0 spiro atoms. The first-order chi connectivity index (χ1) is 8.06. The molecule has 94 valence electrons. The maximum atomic E-state index is 12.7. The van der Waals surface area contributed by atoms with E-state index in [0.29, 0.717) is 13.1 Å². The van der Waals surface area contributed by atoms with Gasteiger partial charge in [0.15, 0.2) is 0 Å². The molecule has 5 nitrogen and oxygen atoms in total. The molecule has 0 saturated heterocycles. The molecule has 1 aromatic rings. The van der Waals surface area contributed by atoms with E-state index in [9.17, 15) is 18.9 Å². The Balaban J connectivity index is 2.92. The zero-order chi connectivity index (χ0) is 12.8. The van der Waals surface area contributed by atoms with Crippen LogP contribution in [0.2, 0.25) is 0 Å². The number of alkyl halides is 2. The number of nitrogens with one attached hydrogen (secondary N) is 2. The fourth-order valence-corrected chi connectivity index (χ4v) is 1.33. The first-order valence-electron chi connectivity index (χ1n) is 5.01. The Morgan fingerprint density at radius 2 is 2.12 bits per heavy atom. The van der Waals surface area contributed by atoms with Crippen molar-refractivity contribution in [2.24, 2.45) is 0 Å². The van der Waals surface area contributed by atoms with Crippen molar-refractivity contribution in [2.45, 2.75) is 6.43 Å². The minimum Gasteiger partial charge on any atom is -0.383 e. The molecule has 0 unspecified atom stereocenters. The fraction of sp³-hybridized carbons (Fsp3) is 0.400. The van der Waals surface area contributed by atoms with Gasteiger partial charge in [-0.1, -0.05) is 0 Å². The molecular weight excluding hydrogens is 232 g/mol. The fourth-order valence-electron chi connectivity index (χ4n) is 1.33. The molecule has 0 amide bonds. The molecule has 1 rings (SSSR count). The van der Waals surface area contributed by atoms with Crippen molar-refractivity contribution in [3.63, 3.8) is 0 Å². The van der Waals surface area contributed by atoms with Crippen molar-refractivity contribution < 1.29 is 13.7 Å². The summed E-state index contributed by atoms with van der Waals surface area (Å²) in [5.41, 5.74) is -0.462. The quantitative estimate of drug-likeness (QED) is 0.458. The van der Waals surface area contributed by atoms with Crippen LogP contribution in [-0.2, 0) is 0 Å². The van der Waals surface area contributed by atoms with Crippen LogP contribution in [0.4, 0.5) is 20.2 Å². The molecule has 0 aliphatic rings. The monoisotopic (exact) mass is 245 g/mol. The summed E-state index contributed by atoms with van der Waals surface area (Å²) in [6, 6.07) is 3.40. The molecule has 0 saturated carbocycles. The van der Waals surface area contributed by atoms with E-state index in [1.54, 1.807) is 7.05 Å². The molecule has 0 aliphatic carbocycles. The third kappa shape index (κ3) is 3.63. The van der Waals surface area contributed by atoms with Gasteiger partial charge < -0.3 is 10.6 Å². The van der Waals surface area contributed by atoms with Crippen LogP contribution in [0.3, 0.4) is 0 Å². The summed E-state index contributed by atoms with van der Waals surface area (Å²) in [5, 5.41) is 16.1. The van der Waals surface area contributed by atoms with Crippen molar-refractivity contribution >= 4 is 11.4 Å². The van der Waals surface area contributed by atoms with Crippen LogP contribution in [0.5, 0.6) is 0 Å². The lowest BCUT2D eigenvalue weighted by Gasteiger charge is -2.11. The Morgan fingerprint density at radius 3 is 2.65 bits per heavy atom. The van der Waals surface area contributed by atoms with Gasteiger partial charge in [0.2, 0.25) is 0 Å². The van der Waals surface area contributed by atoms with Gasteiger partial charge in [-0.05, 0) is 13.1 Å². The van der Waals surface area contributed by atoms with Gasteiger partial charge in [-0.15, -0.1) is 0 Å².